The molecule has 1 heterocycles. The molecule has 1 aliphatic heterocycles. The van der Waals surface area contributed by atoms with Gasteiger partial charge in [0.25, 0.3) is 0 Å². The minimum absolute atomic E-state index is 0.0248. The smallest absolute Gasteiger partial charge is 0.245 e. The van der Waals surface area contributed by atoms with E-state index in [2.05, 4.69) is 24.7 Å². The summed E-state index contributed by atoms with van der Waals surface area (Å²) in [6, 6.07) is 9.79. The number of likely N-dealkylation sites (N-methyl/N-ethyl adjacent to an activating group) is 1. The largest absolute Gasteiger partial charge is 0.349 e. The zero-order valence-corrected chi connectivity index (χ0v) is 15.2. The molecule has 2 amide bonds. The van der Waals surface area contributed by atoms with E-state index in [-0.39, 0.29) is 18.4 Å². The number of carbonyl (C=O) groups excluding carboxylic acids is 2. The molecule has 1 aromatic carbocycles. The molecular weight excluding hydrogens is 316 g/mol. The van der Waals surface area contributed by atoms with Gasteiger partial charge in [-0.15, -0.1) is 0 Å². The Hall–Kier alpha value is -2.34. The van der Waals surface area contributed by atoms with E-state index in [1.54, 1.807) is 0 Å². The highest BCUT2D eigenvalue weighted by molar-refractivity contribution is 5.88. The number of rotatable bonds is 9. The first-order valence-corrected chi connectivity index (χ1v) is 9.00. The topological polar surface area (TPSA) is 65.9 Å². The molecule has 1 aromatic rings. The Balaban J connectivity index is 1.78. The minimum Gasteiger partial charge on any atom is -0.349 e. The average molecular weight is 345 g/mol. The van der Waals surface area contributed by atoms with Gasteiger partial charge in [0.1, 0.15) is 6.54 Å². The van der Waals surface area contributed by atoms with Crippen LogP contribution in [0.4, 0.5) is 0 Å². The van der Waals surface area contributed by atoms with Gasteiger partial charge in [-0.1, -0.05) is 43.7 Å². The second-order valence-electron chi connectivity index (χ2n) is 6.44. The molecule has 1 aliphatic rings. The van der Waals surface area contributed by atoms with Gasteiger partial charge in [-0.25, -0.2) is 5.01 Å². The summed E-state index contributed by atoms with van der Waals surface area (Å²) in [5, 5.41) is 4.29. The van der Waals surface area contributed by atoms with Crippen LogP contribution in [0.5, 0.6) is 0 Å². The van der Waals surface area contributed by atoms with Gasteiger partial charge >= 0.3 is 0 Å². The molecule has 3 N–H and O–H groups in total. The summed E-state index contributed by atoms with van der Waals surface area (Å²) in [4.78, 5) is 25.6. The molecule has 0 fully saturated rings. The van der Waals surface area contributed by atoms with Crippen molar-refractivity contribution in [2.24, 2.45) is 0 Å². The van der Waals surface area contributed by atoms with Crippen LogP contribution in [0.15, 0.2) is 36.4 Å². The summed E-state index contributed by atoms with van der Waals surface area (Å²) in [5.41, 5.74) is 4.92. The molecule has 6 heteroatoms. The Labute approximate surface area is 149 Å². The lowest BCUT2D eigenvalue weighted by Crippen LogP contribution is -3.09. The first kappa shape index (κ1) is 19.0. The van der Waals surface area contributed by atoms with Crippen molar-refractivity contribution in [1.82, 2.24) is 15.8 Å². The molecule has 25 heavy (non-hydrogen) atoms. The van der Waals surface area contributed by atoms with Crippen LogP contribution in [-0.2, 0) is 9.59 Å². The Bertz CT molecular complexity index is 601. The van der Waals surface area contributed by atoms with E-state index in [1.807, 2.05) is 36.4 Å². The van der Waals surface area contributed by atoms with E-state index in [9.17, 15) is 9.59 Å². The number of benzene rings is 1. The molecule has 0 aliphatic carbocycles. The van der Waals surface area contributed by atoms with Crippen molar-refractivity contribution >= 4 is 17.5 Å². The number of nitrogens with zero attached hydrogens (tertiary/aromatic N) is 1. The lowest BCUT2D eigenvalue weighted by atomic mass is 10.1. The van der Waals surface area contributed by atoms with Crippen LogP contribution in [0.2, 0.25) is 0 Å². The molecule has 0 saturated carbocycles. The Morgan fingerprint density at radius 1 is 1.28 bits per heavy atom. The highest BCUT2D eigenvalue weighted by atomic mass is 16.2. The number of hydrogen-bond acceptors (Lipinski definition) is 3. The number of hydrazine groups is 1. The van der Waals surface area contributed by atoms with Crippen molar-refractivity contribution in [3.63, 3.8) is 0 Å². The third-order valence-electron chi connectivity index (χ3n) is 4.25. The summed E-state index contributed by atoms with van der Waals surface area (Å²) in [7, 11) is 2.13. The van der Waals surface area contributed by atoms with Gasteiger partial charge in [0.2, 0.25) is 11.8 Å². The van der Waals surface area contributed by atoms with E-state index in [1.165, 1.54) is 22.8 Å². The van der Waals surface area contributed by atoms with Gasteiger partial charge < -0.3 is 10.2 Å². The number of hydrogen-bond donors (Lipinski definition) is 3. The number of nitrogens with one attached hydrogen (secondary N) is 3. The average Bonchev–Trinajstić information content (AvgIpc) is 2.62. The fraction of sp³-hybridized carbons (Fsp3) is 0.474. The predicted molar refractivity (Wildman–Crippen MR) is 98.4 cm³/mol. The van der Waals surface area contributed by atoms with E-state index in [4.69, 9.17) is 0 Å². The lowest BCUT2D eigenvalue weighted by Gasteiger charge is -2.28. The number of amides is 2. The van der Waals surface area contributed by atoms with Crippen molar-refractivity contribution in [2.45, 2.75) is 26.2 Å². The Morgan fingerprint density at radius 3 is 2.76 bits per heavy atom. The van der Waals surface area contributed by atoms with Crippen molar-refractivity contribution in [2.75, 3.05) is 33.2 Å². The fourth-order valence-electron chi connectivity index (χ4n) is 2.70. The standard InChI is InChI=1S/C19H28N4O2/c1-3-4-13-22(2)14-12-20-18(24)15-23-19(25)11-10-17(21-23)16-8-6-5-7-9-16/h5-10,21H,3-4,11-15H2,1-2H3,(H,20,24)/p+1. The van der Waals surface area contributed by atoms with Gasteiger partial charge in [-0.05, 0) is 18.1 Å². The molecule has 6 nitrogen and oxygen atoms in total. The molecule has 136 valence electrons. The predicted octanol–water partition coefficient (Wildman–Crippen LogP) is 0.195. The van der Waals surface area contributed by atoms with Crippen LogP contribution in [0.25, 0.3) is 5.70 Å². The van der Waals surface area contributed by atoms with Gasteiger partial charge in [0.05, 0.1) is 32.4 Å². The van der Waals surface area contributed by atoms with E-state index in [0.29, 0.717) is 13.0 Å². The monoisotopic (exact) mass is 345 g/mol. The Morgan fingerprint density at radius 2 is 2.04 bits per heavy atom. The molecule has 0 spiro atoms. The van der Waals surface area contributed by atoms with E-state index >= 15 is 0 Å². The molecule has 1 unspecified atom stereocenters. The van der Waals surface area contributed by atoms with Crippen LogP contribution in [0, 0.1) is 0 Å². The third-order valence-corrected chi connectivity index (χ3v) is 4.25. The maximum atomic E-state index is 12.1. The summed E-state index contributed by atoms with van der Waals surface area (Å²) in [6.45, 7) is 4.83. The van der Waals surface area contributed by atoms with Gasteiger partial charge in [-0.2, -0.15) is 0 Å². The normalized spacial score (nSPS) is 15.4. The molecular formula is C19H29N4O2+. The SMILES string of the molecule is CCCC[NH+](C)CCNC(=O)CN1NC(c2ccccc2)=CCC1=O. The number of carbonyl (C=O) groups is 2. The van der Waals surface area contributed by atoms with Crippen LogP contribution in [0.1, 0.15) is 31.7 Å². The summed E-state index contributed by atoms with van der Waals surface area (Å²) in [6.07, 6.45) is 4.54. The summed E-state index contributed by atoms with van der Waals surface area (Å²) < 4.78 is 0. The zero-order valence-electron chi connectivity index (χ0n) is 15.2. The first-order valence-electron chi connectivity index (χ1n) is 9.00. The maximum absolute atomic E-state index is 12.1. The molecule has 1 atom stereocenters. The van der Waals surface area contributed by atoms with Crippen molar-refractivity contribution in [3.05, 3.63) is 42.0 Å². The van der Waals surface area contributed by atoms with Crippen molar-refractivity contribution in [3.8, 4) is 0 Å². The van der Waals surface area contributed by atoms with Crippen molar-refractivity contribution < 1.29 is 14.5 Å². The first-order chi connectivity index (χ1) is 12.1. The highest BCUT2D eigenvalue weighted by Gasteiger charge is 2.22. The van der Waals surface area contributed by atoms with Crippen molar-refractivity contribution in [1.29, 1.82) is 0 Å². The molecule has 0 saturated heterocycles. The van der Waals surface area contributed by atoms with Crippen LogP contribution in [0.3, 0.4) is 0 Å². The molecule has 2 rings (SSSR count). The lowest BCUT2D eigenvalue weighted by molar-refractivity contribution is -0.878. The highest BCUT2D eigenvalue weighted by Crippen LogP contribution is 2.16. The number of quaternary nitrogens is 1. The maximum Gasteiger partial charge on any atom is 0.245 e. The molecule has 0 bridgehead atoms. The Kier molecular flexibility index (Phi) is 7.47. The van der Waals surface area contributed by atoms with Crippen LogP contribution >= 0.6 is 0 Å². The second-order valence-corrected chi connectivity index (χ2v) is 6.44. The van der Waals surface area contributed by atoms with E-state index in [0.717, 1.165) is 24.4 Å². The quantitative estimate of drug-likeness (QED) is 0.599. The van der Waals surface area contributed by atoms with Gasteiger partial charge in [0.15, 0.2) is 0 Å². The second kappa shape index (κ2) is 9.84. The van der Waals surface area contributed by atoms with Gasteiger partial charge in [-0.3, -0.25) is 15.0 Å². The minimum atomic E-state index is -0.140. The third kappa shape index (κ3) is 6.23. The zero-order chi connectivity index (χ0) is 18.1. The summed E-state index contributed by atoms with van der Waals surface area (Å²) >= 11 is 0. The molecule has 0 radical (unpaired) electrons. The van der Waals surface area contributed by atoms with E-state index < -0.39 is 0 Å². The van der Waals surface area contributed by atoms with Crippen LogP contribution < -0.4 is 15.6 Å². The molecule has 0 aromatic heterocycles. The fourth-order valence-corrected chi connectivity index (χ4v) is 2.70. The summed E-state index contributed by atoms with van der Waals surface area (Å²) in [5.74, 6) is -0.237. The number of unbranched alkanes of at least 4 members (excludes halogenated alkanes) is 1. The van der Waals surface area contributed by atoms with Crippen LogP contribution in [-0.4, -0.2) is 50.0 Å². The van der Waals surface area contributed by atoms with Gasteiger partial charge in [0, 0.05) is 6.42 Å².